The molecule has 5 rings (SSSR count). The molecular formula is C29H34N4O3S. The van der Waals surface area contributed by atoms with Crippen LogP contribution in [0.5, 0.6) is 5.75 Å². The van der Waals surface area contributed by atoms with Gasteiger partial charge in [0.05, 0.1) is 19.7 Å². The maximum Gasteiger partial charge on any atom is 0.322 e. The van der Waals surface area contributed by atoms with Crippen LogP contribution < -0.4 is 10.1 Å². The van der Waals surface area contributed by atoms with Crippen molar-refractivity contribution in [2.75, 3.05) is 45.2 Å². The Kier molecular flexibility index (Phi) is 7.48. The van der Waals surface area contributed by atoms with Crippen molar-refractivity contribution in [1.82, 2.24) is 14.7 Å². The number of carbonyl (C=O) groups is 2. The molecule has 0 radical (unpaired) electrons. The molecule has 1 N–H and O–H groups in total. The lowest BCUT2D eigenvalue weighted by atomic mass is 9.93. The van der Waals surface area contributed by atoms with Gasteiger partial charge in [0, 0.05) is 42.8 Å². The molecule has 1 saturated heterocycles. The van der Waals surface area contributed by atoms with Crippen LogP contribution in [0.1, 0.15) is 34.5 Å². The molecule has 0 spiro atoms. The van der Waals surface area contributed by atoms with E-state index >= 15 is 0 Å². The summed E-state index contributed by atoms with van der Waals surface area (Å²) in [5, 5.41) is 5.13. The van der Waals surface area contributed by atoms with Crippen molar-refractivity contribution in [3.05, 3.63) is 81.5 Å². The summed E-state index contributed by atoms with van der Waals surface area (Å²) in [6.07, 6.45) is 0.955. The minimum Gasteiger partial charge on any atom is -0.497 e. The van der Waals surface area contributed by atoms with E-state index in [-0.39, 0.29) is 24.0 Å². The molecule has 0 saturated carbocycles. The van der Waals surface area contributed by atoms with Gasteiger partial charge in [0.1, 0.15) is 5.75 Å². The number of benzene rings is 2. The lowest BCUT2D eigenvalue weighted by Gasteiger charge is -2.41. The van der Waals surface area contributed by atoms with Crippen LogP contribution in [-0.4, -0.2) is 72.5 Å². The Balaban J connectivity index is 1.24. The number of piperazine rings is 1. The van der Waals surface area contributed by atoms with Crippen molar-refractivity contribution in [2.45, 2.75) is 32.4 Å². The van der Waals surface area contributed by atoms with Gasteiger partial charge in [-0.3, -0.25) is 9.69 Å². The number of thiophene rings is 1. The maximum atomic E-state index is 13.5. The molecule has 2 atom stereocenters. The molecule has 1 fully saturated rings. The Hall–Kier alpha value is -3.36. The van der Waals surface area contributed by atoms with Crippen LogP contribution in [-0.2, 0) is 11.2 Å². The molecule has 8 heteroatoms. The number of urea groups is 1. The maximum absolute atomic E-state index is 13.5. The zero-order chi connectivity index (χ0) is 25.9. The number of hydrogen-bond acceptors (Lipinski definition) is 5. The Labute approximate surface area is 222 Å². The van der Waals surface area contributed by atoms with E-state index in [4.69, 9.17) is 4.74 Å². The SMILES string of the molecule is COc1ccc(C2c3ccsc3CCN2CC(=O)N2CCN(C(=O)Nc3ccc(C)cc3)C(C)C2)cc1. The fourth-order valence-corrected chi connectivity index (χ4v) is 6.21. The molecular weight excluding hydrogens is 484 g/mol. The summed E-state index contributed by atoms with van der Waals surface area (Å²) in [5.41, 5.74) is 4.39. The second kappa shape index (κ2) is 10.9. The predicted molar refractivity (Wildman–Crippen MR) is 147 cm³/mol. The number of hydrogen-bond donors (Lipinski definition) is 1. The second-order valence-electron chi connectivity index (χ2n) is 9.87. The number of ether oxygens (including phenoxy) is 1. The topological polar surface area (TPSA) is 65.1 Å². The van der Waals surface area contributed by atoms with Gasteiger partial charge in [-0.1, -0.05) is 29.8 Å². The van der Waals surface area contributed by atoms with E-state index in [0.29, 0.717) is 26.2 Å². The van der Waals surface area contributed by atoms with Crippen molar-refractivity contribution in [2.24, 2.45) is 0 Å². The molecule has 194 valence electrons. The molecule has 3 aromatic rings. The quantitative estimate of drug-likeness (QED) is 0.528. The molecule has 37 heavy (non-hydrogen) atoms. The van der Waals surface area contributed by atoms with Gasteiger partial charge < -0.3 is 19.9 Å². The van der Waals surface area contributed by atoms with Crippen LogP contribution in [0.4, 0.5) is 10.5 Å². The highest BCUT2D eigenvalue weighted by Gasteiger charge is 2.34. The molecule has 1 aromatic heterocycles. The first kappa shape index (κ1) is 25.3. The first-order valence-electron chi connectivity index (χ1n) is 12.8. The summed E-state index contributed by atoms with van der Waals surface area (Å²) >= 11 is 1.79. The van der Waals surface area contributed by atoms with Crippen molar-refractivity contribution >= 4 is 29.0 Å². The summed E-state index contributed by atoms with van der Waals surface area (Å²) in [7, 11) is 1.67. The minimum atomic E-state index is -0.121. The largest absolute Gasteiger partial charge is 0.497 e. The van der Waals surface area contributed by atoms with Crippen LogP contribution in [0.3, 0.4) is 0 Å². The Bertz CT molecular complexity index is 1240. The summed E-state index contributed by atoms with van der Waals surface area (Å²) in [5.74, 6) is 0.939. The van der Waals surface area contributed by atoms with Crippen molar-refractivity contribution in [3.63, 3.8) is 0 Å². The fourth-order valence-electron chi connectivity index (χ4n) is 5.31. The van der Waals surface area contributed by atoms with E-state index in [0.717, 1.165) is 30.0 Å². The molecule has 2 aliphatic heterocycles. The highest BCUT2D eigenvalue weighted by Crippen LogP contribution is 2.38. The first-order chi connectivity index (χ1) is 17.9. The van der Waals surface area contributed by atoms with E-state index in [1.165, 1.54) is 16.0 Å². The van der Waals surface area contributed by atoms with Crippen LogP contribution in [0, 0.1) is 6.92 Å². The predicted octanol–water partition coefficient (Wildman–Crippen LogP) is 4.78. The Morgan fingerprint density at radius 2 is 1.78 bits per heavy atom. The van der Waals surface area contributed by atoms with Crippen LogP contribution in [0.25, 0.3) is 0 Å². The van der Waals surface area contributed by atoms with E-state index < -0.39 is 0 Å². The standard InChI is InChI=1S/C29H34N4O3S/c1-20-4-8-23(9-5-20)30-29(35)33-16-15-31(18-21(33)2)27(34)19-32-14-12-26-25(13-17-37-26)28(32)22-6-10-24(36-3)11-7-22/h4-11,13,17,21,28H,12,14-16,18-19H2,1-3H3,(H,30,35). The van der Waals surface area contributed by atoms with Gasteiger partial charge in [0.15, 0.2) is 0 Å². The monoisotopic (exact) mass is 518 g/mol. The Morgan fingerprint density at radius 3 is 2.49 bits per heavy atom. The zero-order valence-electron chi connectivity index (χ0n) is 21.6. The number of anilines is 1. The van der Waals surface area contributed by atoms with Gasteiger partial charge in [-0.2, -0.15) is 0 Å². The van der Waals surface area contributed by atoms with E-state index in [2.05, 4.69) is 33.8 Å². The van der Waals surface area contributed by atoms with Gasteiger partial charge in [-0.05, 0) is 67.1 Å². The number of methoxy groups -OCH3 is 1. The van der Waals surface area contributed by atoms with Crippen molar-refractivity contribution in [1.29, 1.82) is 0 Å². The Morgan fingerprint density at radius 1 is 1.03 bits per heavy atom. The average molecular weight is 519 g/mol. The molecule has 0 bridgehead atoms. The number of fused-ring (bicyclic) bond motifs is 1. The van der Waals surface area contributed by atoms with E-state index in [1.807, 2.05) is 60.0 Å². The highest BCUT2D eigenvalue weighted by molar-refractivity contribution is 7.10. The van der Waals surface area contributed by atoms with Gasteiger partial charge in [-0.15, -0.1) is 11.3 Å². The van der Waals surface area contributed by atoms with E-state index in [9.17, 15) is 9.59 Å². The van der Waals surface area contributed by atoms with Crippen LogP contribution >= 0.6 is 11.3 Å². The normalized spacial score (nSPS) is 19.9. The molecule has 2 unspecified atom stereocenters. The van der Waals surface area contributed by atoms with E-state index in [1.54, 1.807) is 18.4 Å². The smallest absolute Gasteiger partial charge is 0.322 e. The molecule has 0 aliphatic carbocycles. The summed E-state index contributed by atoms with van der Waals surface area (Å²) in [6.45, 7) is 6.80. The number of nitrogens with one attached hydrogen (secondary N) is 1. The fraction of sp³-hybridized carbons (Fsp3) is 0.379. The lowest BCUT2D eigenvalue weighted by Crippen LogP contribution is -2.58. The average Bonchev–Trinajstić information content (AvgIpc) is 3.39. The number of rotatable bonds is 5. The minimum absolute atomic E-state index is 0.0452. The summed E-state index contributed by atoms with van der Waals surface area (Å²) in [4.78, 5) is 33.8. The first-order valence-corrected chi connectivity index (χ1v) is 13.7. The van der Waals surface area contributed by atoms with Gasteiger partial charge in [0.25, 0.3) is 0 Å². The molecule has 3 heterocycles. The van der Waals surface area contributed by atoms with Gasteiger partial charge >= 0.3 is 6.03 Å². The third-order valence-corrected chi connectivity index (χ3v) is 8.38. The summed E-state index contributed by atoms with van der Waals surface area (Å²) in [6, 6.07) is 18.0. The number of carbonyl (C=O) groups excluding carboxylic acids is 2. The highest BCUT2D eigenvalue weighted by atomic mass is 32.1. The molecule has 2 aromatic carbocycles. The van der Waals surface area contributed by atoms with Crippen LogP contribution in [0.2, 0.25) is 0 Å². The van der Waals surface area contributed by atoms with Gasteiger partial charge in [0.2, 0.25) is 5.91 Å². The molecule has 2 aliphatic rings. The lowest BCUT2D eigenvalue weighted by molar-refractivity contribution is -0.135. The third kappa shape index (κ3) is 5.50. The third-order valence-electron chi connectivity index (χ3n) is 7.38. The van der Waals surface area contributed by atoms with Crippen LogP contribution in [0.15, 0.2) is 60.0 Å². The zero-order valence-corrected chi connectivity index (χ0v) is 22.5. The molecule has 3 amide bonds. The number of aryl methyl sites for hydroxylation is 1. The number of amides is 3. The van der Waals surface area contributed by atoms with Gasteiger partial charge in [-0.25, -0.2) is 4.79 Å². The van der Waals surface area contributed by atoms with Crippen molar-refractivity contribution < 1.29 is 14.3 Å². The second-order valence-corrected chi connectivity index (χ2v) is 10.9. The molecule has 7 nitrogen and oxygen atoms in total. The number of nitrogens with zero attached hydrogens (tertiary/aromatic N) is 3. The summed E-state index contributed by atoms with van der Waals surface area (Å²) < 4.78 is 5.35. The van der Waals surface area contributed by atoms with Crippen molar-refractivity contribution in [3.8, 4) is 5.75 Å².